The lowest BCUT2D eigenvalue weighted by molar-refractivity contribution is -0.144. The van der Waals surface area contributed by atoms with E-state index in [9.17, 15) is 27.6 Å². The molecule has 1 aromatic heterocycles. The van der Waals surface area contributed by atoms with Crippen molar-refractivity contribution < 1.29 is 32.2 Å². The predicted molar refractivity (Wildman–Crippen MR) is 146 cm³/mol. The Hall–Kier alpha value is -5.07. The van der Waals surface area contributed by atoms with Crippen molar-refractivity contribution in [2.45, 2.75) is 44.7 Å². The van der Waals surface area contributed by atoms with E-state index in [4.69, 9.17) is 4.63 Å². The summed E-state index contributed by atoms with van der Waals surface area (Å²) in [7, 11) is 0. The molecule has 1 aliphatic rings. The minimum Gasteiger partial charge on any atom is -0.345 e. The number of carbonyl (C=O) groups excluding carboxylic acids is 3. The maximum atomic E-state index is 14.0. The van der Waals surface area contributed by atoms with Crippen LogP contribution in [0.15, 0.2) is 82.4 Å². The zero-order valence-electron chi connectivity index (χ0n) is 22.3. The van der Waals surface area contributed by atoms with Gasteiger partial charge in [-0.15, -0.1) is 0 Å². The smallest absolute Gasteiger partial charge is 0.345 e. The van der Waals surface area contributed by atoms with Gasteiger partial charge in [0.2, 0.25) is 18.0 Å². The van der Waals surface area contributed by atoms with Crippen LogP contribution in [0.5, 0.6) is 0 Å². The van der Waals surface area contributed by atoms with Gasteiger partial charge in [-0.2, -0.15) is 13.2 Å². The number of amides is 3. The fraction of sp³-hybridized carbons (Fsp3) is 0.241. The van der Waals surface area contributed by atoms with Gasteiger partial charge in [-0.3, -0.25) is 14.4 Å². The zero-order valence-corrected chi connectivity index (χ0v) is 22.3. The Kier molecular flexibility index (Phi) is 8.00. The van der Waals surface area contributed by atoms with Crippen LogP contribution in [-0.2, 0) is 20.9 Å². The van der Waals surface area contributed by atoms with Gasteiger partial charge in [0.25, 0.3) is 5.91 Å². The molecule has 1 aliphatic heterocycles. The summed E-state index contributed by atoms with van der Waals surface area (Å²) >= 11 is 0. The van der Waals surface area contributed by atoms with Gasteiger partial charge >= 0.3 is 6.18 Å². The molecule has 3 aromatic carbocycles. The Bertz CT molecular complexity index is 1650. The van der Waals surface area contributed by atoms with Crippen LogP contribution in [0.25, 0.3) is 11.0 Å². The van der Waals surface area contributed by atoms with Gasteiger partial charge in [0, 0.05) is 17.5 Å². The van der Waals surface area contributed by atoms with Crippen molar-refractivity contribution in [1.82, 2.24) is 20.9 Å². The number of benzene rings is 3. The predicted octanol–water partition coefficient (Wildman–Crippen LogP) is 3.90. The molecule has 10 nitrogen and oxygen atoms in total. The van der Waals surface area contributed by atoms with E-state index < -0.39 is 48.9 Å². The van der Waals surface area contributed by atoms with E-state index >= 15 is 0 Å². The summed E-state index contributed by atoms with van der Waals surface area (Å²) in [6.45, 7) is 1.41. The highest BCUT2D eigenvalue weighted by Crippen LogP contribution is 2.30. The molecule has 0 saturated carbocycles. The normalized spacial score (nSPS) is 15.9. The van der Waals surface area contributed by atoms with Gasteiger partial charge in [-0.05, 0) is 41.0 Å². The first kappa shape index (κ1) is 28.5. The topological polar surface area (TPSA) is 130 Å². The Morgan fingerprint density at radius 1 is 1.00 bits per heavy atom. The molecule has 1 unspecified atom stereocenters. The minimum absolute atomic E-state index is 0.0896. The van der Waals surface area contributed by atoms with Crippen LogP contribution in [0.4, 0.5) is 18.9 Å². The van der Waals surface area contributed by atoms with Crippen molar-refractivity contribution in [2.75, 3.05) is 4.90 Å². The summed E-state index contributed by atoms with van der Waals surface area (Å²) in [6.07, 6.45) is -8.06. The van der Waals surface area contributed by atoms with E-state index in [2.05, 4.69) is 25.9 Å². The van der Waals surface area contributed by atoms with Crippen LogP contribution in [0, 0.1) is 0 Å². The van der Waals surface area contributed by atoms with Crippen molar-refractivity contribution in [2.24, 2.45) is 4.99 Å². The number of fused-ring (bicyclic) bond motifs is 2. The van der Waals surface area contributed by atoms with Gasteiger partial charge in [-0.1, -0.05) is 54.6 Å². The summed E-state index contributed by atoms with van der Waals surface area (Å²) < 4.78 is 42.3. The number of halogens is 3. The second-order valence-electron chi connectivity index (χ2n) is 9.69. The Balaban J connectivity index is 1.47. The number of rotatable bonds is 8. The lowest BCUT2D eigenvalue weighted by atomic mass is 10.00. The zero-order chi connectivity index (χ0) is 29.9. The van der Waals surface area contributed by atoms with Crippen LogP contribution < -0.4 is 15.5 Å². The number of aromatic nitrogens is 2. The average Bonchev–Trinajstić information content (AvgIpc) is 3.41. The van der Waals surface area contributed by atoms with Crippen molar-refractivity contribution in [1.29, 1.82) is 0 Å². The van der Waals surface area contributed by atoms with Crippen LogP contribution >= 0.6 is 0 Å². The molecular weight excluding hydrogens is 553 g/mol. The monoisotopic (exact) mass is 578 g/mol. The number of carbonyl (C=O) groups is 3. The van der Waals surface area contributed by atoms with Crippen LogP contribution in [0.1, 0.15) is 36.5 Å². The van der Waals surface area contributed by atoms with Crippen molar-refractivity contribution in [3.05, 3.63) is 89.5 Å². The summed E-state index contributed by atoms with van der Waals surface area (Å²) in [6, 6.07) is 20.3. The van der Waals surface area contributed by atoms with E-state index in [1.807, 2.05) is 42.5 Å². The first-order chi connectivity index (χ1) is 20.1. The fourth-order valence-corrected chi connectivity index (χ4v) is 4.52. The molecule has 216 valence electrons. The first-order valence-electron chi connectivity index (χ1n) is 13.0. The molecule has 13 heteroatoms. The summed E-state index contributed by atoms with van der Waals surface area (Å²) in [5, 5.41) is 12.5. The molecule has 0 saturated heterocycles. The number of aliphatic imine (C=N–C) groups is 1. The van der Waals surface area contributed by atoms with Crippen molar-refractivity contribution in [3.63, 3.8) is 0 Å². The molecule has 2 N–H and O–H groups in total. The highest BCUT2D eigenvalue weighted by molar-refractivity contribution is 6.20. The third kappa shape index (κ3) is 6.45. The molecule has 5 rings (SSSR count). The molecular formula is C29H25F3N6O4. The highest BCUT2D eigenvalue weighted by Gasteiger charge is 2.34. The number of benzodiazepines with no additional fused rings is 1. The number of nitrogens with one attached hydrogen (secondary N) is 2. The second kappa shape index (κ2) is 11.8. The largest absolute Gasteiger partial charge is 0.389 e. The first-order valence-corrected chi connectivity index (χ1v) is 13.0. The highest BCUT2D eigenvalue weighted by atomic mass is 19.4. The standard InChI is InChI=1S/C29H25F3N6O4/c1-17(33-24(39)13-14-29(30,31)32)27(40)35-26-28(41)38(16-18-11-12-21-22(15-18)37-42-36-21)23-10-6-5-9-20(23)25(34-26)19-7-3-2-4-8-19/h2-12,15,17,26H,13-14,16H2,1H3,(H,33,39)(H,35,40)/t17-,26?/m0/s1. The minimum atomic E-state index is -4.51. The van der Waals surface area contributed by atoms with Gasteiger partial charge < -0.3 is 15.5 Å². The number of para-hydroxylation sites is 1. The number of nitrogens with zero attached hydrogens (tertiary/aromatic N) is 4. The molecule has 0 spiro atoms. The van der Waals surface area contributed by atoms with E-state index in [1.165, 1.54) is 11.8 Å². The third-order valence-corrected chi connectivity index (χ3v) is 6.60. The molecule has 4 aromatic rings. The second-order valence-corrected chi connectivity index (χ2v) is 9.69. The summed E-state index contributed by atoms with van der Waals surface area (Å²) in [4.78, 5) is 45.3. The summed E-state index contributed by atoms with van der Waals surface area (Å²) in [5.74, 6) is -2.29. The molecule has 3 amide bonds. The molecule has 0 aliphatic carbocycles. The molecule has 0 fully saturated rings. The Labute approximate surface area is 237 Å². The Morgan fingerprint density at radius 3 is 2.48 bits per heavy atom. The van der Waals surface area contributed by atoms with E-state index in [0.29, 0.717) is 39.1 Å². The summed E-state index contributed by atoms with van der Waals surface area (Å²) in [5.41, 5.74) is 4.10. The number of hydrogen-bond donors (Lipinski definition) is 2. The number of hydrogen-bond acceptors (Lipinski definition) is 7. The average molecular weight is 579 g/mol. The van der Waals surface area contributed by atoms with Crippen molar-refractivity contribution >= 4 is 40.2 Å². The van der Waals surface area contributed by atoms with Gasteiger partial charge in [0.1, 0.15) is 17.1 Å². The van der Waals surface area contributed by atoms with Crippen LogP contribution in [0.2, 0.25) is 0 Å². The molecule has 0 radical (unpaired) electrons. The Morgan fingerprint density at radius 2 is 1.71 bits per heavy atom. The van der Waals surface area contributed by atoms with Gasteiger partial charge in [-0.25, -0.2) is 9.62 Å². The maximum absolute atomic E-state index is 14.0. The third-order valence-electron chi connectivity index (χ3n) is 6.60. The van der Waals surface area contributed by atoms with Crippen LogP contribution in [-0.4, -0.2) is 52.1 Å². The van der Waals surface area contributed by atoms with Crippen LogP contribution in [0.3, 0.4) is 0 Å². The van der Waals surface area contributed by atoms with E-state index in [0.717, 1.165) is 0 Å². The lowest BCUT2D eigenvalue weighted by Gasteiger charge is -2.26. The SMILES string of the molecule is C[C@H](NC(=O)CCC(F)(F)F)C(=O)NC1N=C(c2ccccc2)c2ccccc2N(Cc2ccc3nonc3c2)C1=O. The maximum Gasteiger partial charge on any atom is 0.389 e. The van der Waals surface area contributed by atoms with E-state index in [1.54, 1.807) is 30.3 Å². The quantitative estimate of drug-likeness (QED) is 0.326. The van der Waals surface area contributed by atoms with Gasteiger partial charge in [0.05, 0.1) is 24.4 Å². The molecule has 42 heavy (non-hydrogen) atoms. The number of anilines is 1. The molecule has 2 atom stereocenters. The van der Waals surface area contributed by atoms with E-state index in [-0.39, 0.29) is 6.54 Å². The lowest BCUT2D eigenvalue weighted by Crippen LogP contribution is -2.52. The number of alkyl halides is 3. The molecule has 0 bridgehead atoms. The molecule has 2 heterocycles. The van der Waals surface area contributed by atoms with Gasteiger partial charge in [0.15, 0.2) is 0 Å². The fourth-order valence-electron chi connectivity index (χ4n) is 4.52. The van der Waals surface area contributed by atoms with Crippen molar-refractivity contribution in [3.8, 4) is 0 Å².